The Kier molecular flexibility index (Phi) is 6.60. The van der Waals surface area contributed by atoms with Gasteiger partial charge in [0.05, 0.1) is 12.0 Å². The molecule has 0 aliphatic carbocycles. The summed E-state index contributed by atoms with van der Waals surface area (Å²) >= 11 is 0. The minimum Gasteiger partial charge on any atom is -0.497 e. The molecule has 1 heterocycles. The van der Waals surface area contributed by atoms with Gasteiger partial charge < -0.3 is 14.8 Å². The third-order valence-electron chi connectivity index (χ3n) is 4.99. The molecule has 10 heteroatoms. The predicted molar refractivity (Wildman–Crippen MR) is 125 cm³/mol. The van der Waals surface area contributed by atoms with Gasteiger partial charge in [-0.05, 0) is 54.1 Å². The number of amides is 1. The van der Waals surface area contributed by atoms with E-state index in [9.17, 15) is 18.0 Å². The van der Waals surface area contributed by atoms with E-state index >= 15 is 0 Å². The maximum atomic E-state index is 12.4. The maximum absolute atomic E-state index is 12.4. The zero-order valence-electron chi connectivity index (χ0n) is 18.1. The molecule has 0 bridgehead atoms. The smallest absolute Gasteiger partial charge is 0.328 e. The second-order valence-electron chi connectivity index (χ2n) is 7.31. The van der Waals surface area contributed by atoms with E-state index in [-0.39, 0.29) is 29.8 Å². The molecule has 0 saturated heterocycles. The Bertz CT molecular complexity index is 1350. The maximum Gasteiger partial charge on any atom is 0.328 e. The quantitative estimate of drug-likeness (QED) is 0.503. The number of carbonyl (C=O) groups excluding carboxylic acids is 2. The molecule has 1 amide bonds. The van der Waals surface area contributed by atoms with E-state index < -0.39 is 16.0 Å². The molecule has 0 saturated carbocycles. The van der Waals surface area contributed by atoms with Gasteiger partial charge in [-0.2, -0.15) is 0 Å². The van der Waals surface area contributed by atoms with Crippen molar-refractivity contribution in [3.8, 4) is 5.75 Å². The van der Waals surface area contributed by atoms with Crippen LogP contribution in [0.2, 0.25) is 0 Å². The normalized spacial score (nSPS) is 14.7. The second kappa shape index (κ2) is 9.75. The summed E-state index contributed by atoms with van der Waals surface area (Å²) in [6.07, 6.45) is 0. The van der Waals surface area contributed by atoms with Crippen molar-refractivity contribution < 1.29 is 27.5 Å². The number of nitrogens with zero attached hydrogens (tertiary/aromatic N) is 1. The van der Waals surface area contributed by atoms with Crippen molar-refractivity contribution in [2.24, 2.45) is 4.99 Å². The molecule has 174 valence electrons. The zero-order chi connectivity index (χ0) is 24.1. The van der Waals surface area contributed by atoms with Gasteiger partial charge >= 0.3 is 5.97 Å². The Hall–Kier alpha value is -4.18. The molecule has 34 heavy (non-hydrogen) atoms. The summed E-state index contributed by atoms with van der Waals surface area (Å²) in [5.41, 5.74) is 2.19. The van der Waals surface area contributed by atoms with Gasteiger partial charge in [0.25, 0.3) is 15.9 Å². The number of hydrogen-bond donors (Lipinski definition) is 2. The van der Waals surface area contributed by atoms with E-state index in [2.05, 4.69) is 15.0 Å². The first-order valence-electron chi connectivity index (χ1n) is 10.2. The van der Waals surface area contributed by atoms with Crippen LogP contribution in [0, 0.1) is 0 Å². The highest BCUT2D eigenvalue weighted by molar-refractivity contribution is 7.90. The SMILES string of the molecule is COc1ccc(NC(=O)c2ccc(COC(=O)CN=C3NS(=O)(=O)c4ccccc43)cc2)cc1. The standard InChI is InChI=1S/C24H21N3O6S/c1-32-19-12-10-18(11-13-19)26-24(29)17-8-6-16(7-9-17)15-33-22(28)14-25-23-20-4-2-3-5-21(20)34(30,31)27-23/h2-13H,14-15H2,1H3,(H,25,27)(H,26,29). The van der Waals surface area contributed by atoms with Gasteiger partial charge in [-0.25, -0.2) is 8.42 Å². The van der Waals surface area contributed by atoms with E-state index in [1.807, 2.05) is 0 Å². The summed E-state index contributed by atoms with van der Waals surface area (Å²) in [5, 5.41) is 2.79. The first-order chi connectivity index (χ1) is 16.4. The first-order valence-corrected chi connectivity index (χ1v) is 11.7. The zero-order valence-corrected chi connectivity index (χ0v) is 19.0. The third kappa shape index (κ3) is 5.24. The summed E-state index contributed by atoms with van der Waals surface area (Å²) in [7, 11) is -2.10. The number of esters is 1. The van der Waals surface area contributed by atoms with E-state index in [0.29, 0.717) is 28.1 Å². The summed E-state index contributed by atoms with van der Waals surface area (Å²) in [6, 6.07) is 20.0. The van der Waals surface area contributed by atoms with Gasteiger partial charge in [0.1, 0.15) is 24.7 Å². The largest absolute Gasteiger partial charge is 0.497 e. The average Bonchev–Trinajstić information content (AvgIpc) is 3.12. The molecule has 0 radical (unpaired) electrons. The highest BCUT2D eigenvalue weighted by atomic mass is 32.2. The molecule has 1 aliphatic rings. The molecular weight excluding hydrogens is 458 g/mol. The first kappa shape index (κ1) is 23.0. The van der Waals surface area contributed by atoms with Crippen molar-refractivity contribution in [1.29, 1.82) is 0 Å². The topological polar surface area (TPSA) is 123 Å². The molecule has 1 aliphatic heterocycles. The van der Waals surface area contributed by atoms with E-state index in [0.717, 1.165) is 0 Å². The summed E-state index contributed by atoms with van der Waals surface area (Å²) in [4.78, 5) is 28.7. The predicted octanol–water partition coefficient (Wildman–Crippen LogP) is 2.73. The number of amidine groups is 1. The number of sulfonamides is 1. The molecule has 3 aromatic carbocycles. The summed E-state index contributed by atoms with van der Waals surface area (Å²) < 4.78 is 36.8. The van der Waals surface area contributed by atoms with Crippen molar-refractivity contribution in [1.82, 2.24) is 4.72 Å². The fraction of sp³-hybridized carbons (Fsp3) is 0.125. The van der Waals surface area contributed by atoms with Crippen LogP contribution in [0.3, 0.4) is 0 Å². The molecule has 0 spiro atoms. The van der Waals surface area contributed by atoms with Gasteiger partial charge in [-0.3, -0.25) is 19.3 Å². The Labute approximate surface area is 196 Å². The van der Waals surface area contributed by atoms with Crippen molar-refractivity contribution in [2.75, 3.05) is 19.0 Å². The number of ether oxygens (including phenoxy) is 2. The van der Waals surface area contributed by atoms with Crippen LogP contribution in [0.15, 0.2) is 82.7 Å². The van der Waals surface area contributed by atoms with Crippen LogP contribution in [0.25, 0.3) is 0 Å². The second-order valence-corrected chi connectivity index (χ2v) is 8.96. The lowest BCUT2D eigenvalue weighted by atomic mass is 10.1. The van der Waals surface area contributed by atoms with Gasteiger partial charge in [-0.1, -0.05) is 24.3 Å². The minimum absolute atomic E-state index is 0.00756. The Balaban J connectivity index is 1.30. The molecule has 0 aromatic heterocycles. The van der Waals surface area contributed by atoms with Gasteiger partial charge in [0.15, 0.2) is 0 Å². The lowest BCUT2D eigenvalue weighted by Gasteiger charge is -2.08. The number of aliphatic imine (C=N–C) groups is 1. The lowest BCUT2D eigenvalue weighted by molar-refractivity contribution is -0.143. The van der Waals surface area contributed by atoms with Crippen LogP contribution < -0.4 is 14.8 Å². The number of benzene rings is 3. The molecule has 0 atom stereocenters. The highest BCUT2D eigenvalue weighted by Gasteiger charge is 2.30. The number of anilines is 1. The summed E-state index contributed by atoms with van der Waals surface area (Å²) in [6.45, 7) is -0.346. The van der Waals surface area contributed by atoms with Crippen molar-refractivity contribution in [3.63, 3.8) is 0 Å². The molecule has 0 fully saturated rings. The molecule has 3 aromatic rings. The number of nitrogens with one attached hydrogen (secondary N) is 2. The number of fused-ring (bicyclic) bond motifs is 1. The number of rotatable bonds is 7. The number of hydrogen-bond acceptors (Lipinski definition) is 7. The Morgan fingerprint density at radius 3 is 2.38 bits per heavy atom. The monoisotopic (exact) mass is 479 g/mol. The lowest BCUT2D eigenvalue weighted by Crippen LogP contribution is -2.23. The molecule has 9 nitrogen and oxygen atoms in total. The number of carbonyl (C=O) groups is 2. The van der Waals surface area contributed by atoms with Gasteiger partial charge in [0.2, 0.25) is 0 Å². The van der Waals surface area contributed by atoms with Crippen LogP contribution in [0.4, 0.5) is 5.69 Å². The van der Waals surface area contributed by atoms with Crippen LogP contribution in [0.5, 0.6) is 5.75 Å². The van der Waals surface area contributed by atoms with Gasteiger partial charge in [-0.15, -0.1) is 0 Å². The average molecular weight is 480 g/mol. The van der Waals surface area contributed by atoms with Crippen LogP contribution in [-0.2, 0) is 26.2 Å². The van der Waals surface area contributed by atoms with Crippen LogP contribution >= 0.6 is 0 Å². The summed E-state index contributed by atoms with van der Waals surface area (Å²) in [5.74, 6) is -0.0846. The fourth-order valence-corrected chi connectivity index (χ4v) is 4.49. The Morgan fingerprint density at radius 1 is 0.971 bits per heavy atom. The highest BCUT2D eigenvalue weighted by Crippen LogP contribution is 2.22. The Morgan fingerprint density at radius 2 is 1.68 bits per heavy atom. The van der Waals surface area contributed by atoms with Crippen molar-refractivity contribution >= 4 is 33.4 Å². The van der Waals surface area contributed by atoms with Gasteiger partial charge in [0, 0.05) is 16.8 Å². The van der Waals surface area contributed by atoms with E-state index in [1.165, 1.54) is 6.07 Å². The molecule has 2 N–H and O–H groups in total. The molecule has 0 unspecified atom stereocenters. The van der Waals surface area contributed by atoms with Crippen molar-refractivity contribution in [2.45, 2.75) is 11.5 Å². The third-order valence-corrected chi connectivity index (χ3v) is 6.39. The van der Waals surface area contributed by atoms with E-state index in [4.69, 9.17) is 9.47 Å². The minimum atomic E-state index is -3.66. The molecular formula is C24H21N3O6S. The molecule has 4 rings (SSSR count). The van der Waals surface area contributed by atoms with Crippen LogP contribution in [0.1, 0.15) is 21.5 Å². The fourth-order valence-electron chi connectivity index (χ4n) is 3.23. The van der Waals surface area contributed by atoms with Crippen LogP contribution in [-0.4, -0.2) is 39.8 Å². The van der Waals surface area contributed by atoms with Crippen molar-refractivity contribution in [3.05, 3.63) is 89.5 Å². The van der Waals surface area contributed by atoms with E-state index in [1.54, 1.807) is 73.8 Å². The number of methoxy groups -OCH3 is 1.